The van der Waals surface area contributed by atoms with Gasteiger partial charge in [0.25, 0.3) is 5.91 Å². The van der Waals surface area contributed by atoms with Crippen molar-refractivity contribution in [3.8, 4) is 0 Å². The molecule has 26 heavy (non-hydrogen) atoms. The predicted molar refractivity (Wildman–Crippen MR) is 106 cm³/mol. The Morgan fingerprint density at radius 2 is 1.62 bits per heavy atom. The van der Waals surface area contributed by atoms with Crippen LogP contribution >= 0.6 is 0 Å². The van der Waals surface area contributed by atoms with Gasteiger partial charge < -0.3 is 5.32 Å². The van der Waals surface area contributed by atoms with Gasteiger partial charge in [0, 0.05) is 12.1 Å². The van der Waals surface area contributed by atoms with Crippen molar-refractivity contribution < 1.29 is 13.2 Å². The Kier molecular flexibility index (Phi) is 6.80. The van der Waals surface area contributed by atoms with E-state index in [1.54, 1.807) is 38.1 Å². The van der Waals surface area contributed by atoms with E-state index in [0.717, 1.165) is 12.0 Å². The summed E-state index contributed by atoms with van der Waals surface area (Å²) >= 11 is 0. The first-order valence-corrected chi connectivity index (χ1v) is 10.5. The second-order valence-corrected chi connectivity index (χ2v) is 8.14. The van der Waals surface area contributed by atoms with E-state index in [2.05, 4.69) is 5.32 Å². The maximum Gasteiger partial charge on any atom is 0.251 e. The van der Waals surface area contributed by atoms with Gasteiger partial charge in [0.05, 0.1) is 17.5 Å². The van der Waals surface area contributed by atoms with Gasteiger partial charge in [-0.15, -0.1) is 0 Å². The minimum Gasteiger partial charge on any atom is -0.345 e. The summed E-state index contributed by atoms with van der Waals surface area (Å²) in [4.78, 5) is 12.5. The number of hydrogen-bond donors (Lipinski definition) is 1. The largest absolute Gasteiger partial charge is 0.345 e. The number of carbonyl (C=O) groups excluding carboxylic acids is 1. The van der Waals surface area contributed by atoms with Crippen LogP contribution in [0.3, 0.4) is 0 Å². The van der Waals surface area contributed by atoms with Crippen LogP contribution in [0.4, 0.5) is 5.69 Å². The van der Waals surface area contributed by atoms with Crippen LogP contribution in [0.2, 0.25) is 0 Å². The molecular formula is C20H26N2O3S. The quantitative estimate of drug-likeness (QED) is 0.765. The van der Waals surface area contributed by atoms with Gasteiger partial charge in [-0.05, 0) is 50.1 Å². The summed E-state index contributed by atoms with van der Waals surface area (Å²) < 4.78 is 25.6. The van der Waals surface area contributed by atoms with Gasteiger partial charge in [-0.1, -0.05) is 37.3 Å². The molecule has 0 aliphatic carbocycles. The van der Waals surface area contributed by atoms with Crippen LogP contribution < -0.4 is 9.62 Å². The van der Waals surface area contributed by atoms with E-state index in [4.69, 9.17) is 0 Å². The molecule has 0 radical (unpaired) electrons. The summed E-state index contributed by atoms with van der Waals surface area (Å²) in [7, 11) is -3.32. The smallest absolute Gasteiger partial charge is 0.251 e. The lowest BCUT2D eigenvalue weighted by atomic mass is 10.0. The van der Waals surface area contributed by atoms with Crippen molar-refractivity contribution in [3.63, 3.8) is 0 Å². The molecule has 2 rings (SSSR count). The number of carbonyl (C=O) groups is 1. The van der Waals surface area contributed by atoms with E-state index >= 15 is 0 Å². The molecule has 0 aromatic heterocycles. The molecular weight excluding hydrogens is 348 g/mol. The van der Waals surface area contributed by atoms with Crippen molar-refractivity contribution >= 4 is 21.6 Å². The number of amides is 1. The van der Waals surface area contributed by atoms with Crippen molar-refractivity contribution in [1.29, 1.82) is 0 Å². The first-order valence-electron chi connectivity index (χ1n) is 8.89. The highest BCUT2D eigenvalue weighted by atomic mass is 32.2. The Labute approximate surface area is 156 Å². The molecule has 6 heteroatoms. The lowest BCUT2D eigenvalue weighted by Crippen LogP contribution is -2.32. The van der Waals surface area contributed by atoms with Crippen LogP contribution in [0.15, 0.2) is 54.6 Å². The van der Waals surface area contributed by atoms with E-state index in [9.17, 15) is 13.2 Å². The molecule has 5 nitrogen and oxygen atoms in total. The Morgan fingerprint density at radius 1 is 1.00 bits per heavy atom. The van der Waals surface area contributed by atoms with Gasteiger partial charge in [-0.25, -0.2) is 8.42 Å². The molecule has 0 heterocycles. The number of anilines is 1. The molecule has 0 fully saturated rings. The monoisotopic (exact) mass is 374 g/mol. The number of nitrogens with one attached hydrogen (secondary N) is 1. The third-order valence-electron chi connectivity index (χ3n) is 4.32. The molecule has 1 N–H and O–H groups in total. The molecule has 0 spiro atoms. The average molecular weight is 375 g/mol. The molecule has 0 bridgehead atoms. The van der Waals surface area contributed by atoms with Gasteiger partial charge >= 0.3 is 0 Å². The maximum atomic E-state index is 12.5. The Bertz CT molecular complexity index is 818. The molecule has 0 saturated heterocycles. The molecule has 140 valence electrons. The molecule has 1 atom stereocenters. The summed E-state index contributed by atoms with van der Waals surface area (Å²) in [5.74, 6) is -0.133. The Morgan fingerprint density at radius 3 is 2.12 bits per heavy atom. The fourth-order valence-electron chi connectivity index (χ4n) is 2.82. The fraction of sp³-hybridized carbons (Fsp3) is 0.350. The van der Waals surface area contributed by atoms with Crippen LogP contribution in [0.1, 0.15) is 49.2 Å². The number of rotatable bonds is 8. The van der Waals surface area contributed by atoms with Gasteiger partial charge in [-0.2, -0.15) is 0 Å². The van der Waals surface area contributed by atoms with E-state index in [1.165, 1.54) is 4.31 Å². The number of benzene rings is 2. The molecule has 0 aliphatic rings. The predicted octanol–water partition coefficient (Wildman–Crippen LogP) is 3.74. The molecule has 0 aliphatic heterocycles. The van der Waals surface area contributed by atoms with Gasteiger partial charge in [0.2, 0.25) is 10.0 Å². The third-order valence-corrected chi connectivity index (χ3v) is 6.19. The van der Waals surface area contributed by atoms with Gasteiger partial charge in [0.1, 0.15) is 0 Å². The zero-order chi connectivity index (χ0) is 19.2. The first kappa shape index (κ1) is 20.0. The van der Waals surface area contributed by atoms with E-state index in [0.29, 0.717) is 17.8 Å². The molecule has 1 amide bonds. The number of hydrogen-bond acceptors (Lipinski definition) is 3. The maximum absolute atomic E-state index is 12.5. The van der Waals surface area contributed by atoms with E-state index in [-0.39, 0.29) is 17.7 Å². The SMILES string of the molecule is CCC(NC(=O)c1ccc(N(CC)S(=O)(=O)CC)cc1)c1ccccc1. The van der Waals surface area contributed by atoms with Crippen LogP contribution in [0.5, 0.6) is 0 Å². The molecule has 2 aromatic carbocycles. The Balaban J connectivity index is 2.16. The fourth-order valence-corrected chi connectivity index (χ4v) is 3.97. The van der Waals surface area contributed by atoms with Crippen molar-refractivity contribution in [2.45, 2.75) is 33.2 Å². The standard InChI is InChI=1S/C20H26N2O3S/c1-4-19(16-10-8-7-9-11-16)21-20(23)17-12-14-18(15-13-17)22(5-2)26(24,25)6-3/h7-15,19H,4-6H2,1-3H3,(H,21,23). The van der Waals surface area contributed by atoms with Gasteiger partial charge in [0.15, 0.2) is 0 Å². The van der Waals surface area contributed by atoms with E-state index < -0.39 is 10.0 Å². The topological polar surface area (TPSA) is 66.5 Å². The molecule has 0 saturated carbocycles. The van der Waals surface area contributed by atoms with E-state index in [1.807, 2.05) is 37.3 Å². The van der Waals surface area contributed by atoms with Gasteiger partial charge in [-0.3, -0.25) is 9.10 Å². The van der Waals surface area contributed by atoms with Crippen molar-refractivity contribution in [2.75, 3.05) is 16.6 Å². The highest BCUT2D eigenvalue weighted by Gasteiger charge is 2.19. The Hall–Kier alpha value is -2.34. The van der Waals surface area contributed by atoms with Crippen molar-refractivity contribution in [3.05, 3.63) is 65.7 Å². The molecule has 2 aromatic rings. The highest BCUT2D eigenvalue weighted by Crippen LogP contribution is 2.20. The van der Waals surface area contributed by atoms with Crippen LogP contribution in [0.25, 0.3) is 0 Å². The van der Waals surface area contributed by atoms with Crippen molar-refractivity contribution in [2.24, 2.45) is 0 Å². The van der Waals surface area contributed by atoms with Crippen molar-refractivity contribution in [1.82, 2.24) is 5.32 Å². The second kappa shape index (κ2) is 8.85. The minimum atomic E-state index is -3.32. The zero-order valence-corrected chi connectivity index (χ0v) is 16.3. The highest BCUT2D eigenvalue weighted by molar-refractivity contribution is 7.92. The average Bonchev–Trinajstić information content (AvgIpc) is 2.67. The second-order valence-electron chi connectivity index (χ2n) is 5.96. The third kappa shape index (κ3) is 4.64. The summed E-state index contributed by atoms with van der Waals surface area (Å²) in [6, 6.07) is 16.4. The first-order chi connectivity index (χ1) is 12.4. The lowest BCUT2D eigenvalue weighted by molar-refractivity contribution is 0.0935. The van der Waals surface area contributed by atoms with Crippen LogP contribution in [0, 0.1) is 0 Å². The summed E-state index contributed by atoms with van der Waals surface area (Å²) in [5, 5.41) is 3.03. The van der Waals surface area contributed by atoms with Crippen LogP contribution in [-0.2, 0) is 10.0 Å². The lowest BCUT2D eigenvalue weighted by Gasteiger charge is -2.22. The zero-order valence-electron chi connectivity index (χ0n) is 15.5. The van der Waals surface area contributed by atoms with Crippen LogP contribution in [-0.4, -0.2) is 26.6 Å². The number of sulfonamides is 1. The molecule has 1 unspecified atom stereocenters. The summed E-state index contributed by atoms with van der Waals surface area (Å²) in [5.41, 5.74) is 2.14. The normalized spacial score (nSPS) is 12.4. The minimum absolute atomic E-state index is 0.0400. The summed E-state index contributed by atoms with van der Waals surface area (Å²) in [6.45, 7) is 5.79. The number of nitrogens with zero attached hydrogens (tertiary/aromatic N) is 1. The summed E-state index contributed by atoms with van der Waals surface area (Å²) in [6.07, 6.45) is 0.784.